The van der Waals surface area contributed by atoms with Gasteiger partial charge in [0.15, 0.2) is 11.5 Å². The second kappa shape index (κ2) is 6.30. The van der Waals surface area contributed by atoms with Crippen LogP contribution in [0.25, 0.3) is 0 Å². The van der Waals surface area contributed by atoms with Crippen LogP contribution in [0.2, 0.25) is 0 Å². The first-order valence-electron chi connectivity index (χ1n) is 7.88. The van der Waals surface area contributed by atoms with Crippen LogP contribution in [0.5, 0.6) is 11.5 Å². The number of benzene rings is 1. The molecule has 3 saturated heterocycles. The van der Waals surface area contributed by atoms with E-state index in [2.05, 4.69) is 11.9 Å². The maximum Gasteiger partial charge on any atom is 0.243 e. The maximum atomic E-state index is 13.0. The van der Waals surface area contributed by atoms with Crippen LogP contribution in [-0.2, 0) is 10.0 Å². The third-order valence-corrected chi connectivity index (χ3v) is 6.77. The molecule has 0 unspecified atom stereocenters. The zero-order valence-electron chi connectivity index (χ0n) is 13.9. The van der Waals surface area contributed by atoms with Crippen LogP contribution in [0, 0.1) is 5.92 Å². The van der Waals surface area contributed by atoms with Crippen molar-refractivity contribution in [2.75, 3.05) is 40.9 Å². The molecule has 2 atom stereocenters. The average molecular weight is 340 g/mol. The lowest BCUT2D eigenvalue weighted by atomic mass is 9.96. The highest BCUT2D eigenvalue weighted by Gasteiger charge is 2.38. The minimum Gasteiger partial charge on any atom is -0.493 e. The van der Waals surface area contributed by atoms with Gasteiger partial charge in [-0.1, -0.05) is 0 Å². The predicted molar refractivity (Wildman–Crippen MR) is 87.4 cm³/mol. The molecule has 0 radical (unpaired) electrons. The van der Waals surface area contributed by atoms with E-state index in [1.807, 2.05) is 0 Å². The monoisotopic (exact) mass is 340 g/mol. The lowest BCUT2D eigenvalue weighted by Crippen LogP contribution is -2.41. The summed E-state index contributed by atoms with van der Waals surface area (Å²) in [6.45, 7) is 2.13. The quantitative estimate of drug-likeness (QED) is 0.830. The van der Waals surface area contributed by atoms with Gasteiger partial charge in [-0.15, -0.1) is 0 Å². The Bertz CT molecular complexity index is 677. The molecular formula is C16H24N2O4S. The van der Waals surface area contributed by atoms with Gasteiger partial charge in [0.1, 0.15) is 0 Å². The van der Waals surface area contributed by atoms with Gasteiger partial charge in [0, 0.05) is 31.7 Å². The molecule has 0 amide bonds. The summed E-state index contributed by atoms with van der Waals surface area (Å²) in [7, 11) is 1.61. The molecule has 3 aliphatic heterocycles. The highest BCUT2D eigenvalue weighted by molar-refractivity contribution is 7.89. The van der Waals surface area contributed by atoms with Crippen molar-refractivity contribution in [2.24, 2.45) is 5.92 Å². The number of fused-ring (bicyclic) bond motifs is 4. The van der Waals surface area contributed by atoms with E-state index in [0.717, 1.165) is 19.4 Å². The molecule has 4 rings (SSSR count). The highest BCUT2D eigenvalue weighted by Crippen LogP contribution is 2.33. The number of methoxy groups -OCH3 is 2. The number of hydrogen-bond acceptors (Lipinski definition) is 5. The van der Waals surface area contributed by atoms with E-state index in [1.54, 1.807) is 22.5 Å². The summed E-state index contributed by atoms with van der Waals surface area (Å²) in [6, 6.07) is 5.09. The van der Waals surface area contributed by atoms with Crippen LogP contribution in [-0.4, -0.2) is 64.6 Å². The SMILES string of the molecule is COc1ccc(S(=O)(=O)N2C[C@H]3CC[C@@H](C2)N(C)C3)cc1OC. The first-order valence-corrected chi connectivity index (χ1v) is 9.32. The topological polar surface area (TPSA) is 59.1 Å². The van der Waals surface area contributed by atoms with E-state index in [4.69, 9.17) is 9.47 Å². The Hall–Kier alpha value is -1.31. The van der Waals surface area contributed by atoms with E-state index >= 15 is 0 Å². The van der Waals surface area contributed by atoms with Crippen LogP contribution >= 0.6 is 0 Å². The number of ether oxygens (including phenoxy) is 2. The minimum atomic E-state index is -3.52. The van der Waals surface area contributed by atoms with Gasteiger partial charge in [-0.05, 0) is 37.9 Å². The number of likely N-dealkylation sites (N-methyl/N-ethyl adjacent to an activating group) is 1. The van der Waals surface area contributed by atoms with E-state index in [-0.39, 0.29) is 4.90 Å². The van der Waals surface area contributed by atoms with Gasteiger partial charge in [-0.3, -0.25) is 0 Å². The molecule has 23 heavy (non-hydrogen) atoms. The average Bonchev–Trinajstić information content (AvgIpc) is 2.86. The summed E-state index contributed by atoms with van der Waals surface area (Å²) < 4.78 is 38.2. The Morgan fingerprint density at radius 2 is 1.78 bits per heavy atom. The van der Waals surface area contributed by atoms with Crippen LogP contribution in [0.4, 0.5) is 0 Å². The standard InChI is InChI=1S/C16H24N2O4S/c1-17-9-12-4-5-13(17)11-18(10-12)23(19,20)14-6-7-15(21-2)16(8-14)22-3/h6-8,12-13H,4-5,9-11H2,1-3H3/t12-,13-/m0/s1. The van der Waals surface area contributed by atoms with Gasteiger partial charge in [0.05, 0.1) is 19.1 Å². The van der Waals surface area contributed by atoms with Crippen molar-refractivity contribution in [3.63, 3.8) is 0 Å². The number of rotatable bonds is 4. The number of sulfonamides is 1. The molecule has 2 bridgehead atoms. The van der Waals surface area contributed by atoms with Gasteiger partial charge < -0.3 is 14.4 Å². The van der Waals surface area contributed by atoms with Crippen molar-refractivity contribution in [3.05, 3.63) is 18.2 Å². The van der Waals surface area contributed by atoms with Gasteiger partial charge >= 0.3 is 0 Å². The fourth-order valence-electron chi connectivity index (χ4n) is 3.60. The van der Waals surface area contributed by atoms with Crippen molar-refractivity contribution in [1.82, 2.24) is 9.21 Å². The van der Waals surface area contributed by atoms with E-state index < -0.39 is 10.0 Å². The molecule has 7 heteroatoms. The Labute approximate surface area is 138 Å². The molecule has 3 fully saturated rings. The van der Waals surface area contributed by atoms with E-state index in [1.165, 1.54) is 14.2 Å². The molecule has 0 saturated carbocycles. The first kappa shape index (κ1) is 16.5. The van der Waals surface area contributed by atoms with Crippen molar-refractivity contribution in [1.29, 1.82) is 0 Å². The Morgan fingerprint density at radius 1 is 1.04 bits per heavy atom. The third kappa shape index (κ3) is 3.05. The highest BCUT2D eigenvalue weighted by atomic mass is 32.2. The van der Waals surface area contributed by atoms with Crippen LogP contribution in [0.3, 0.4) is 0 Å². The lowest BCUT2D eigenvalue weighted by Gasteiger charge is -2.32. The molecule has 0 N–H and O–H groups in total. The maximum absolute atomic E-state index is 13.0. The summed E-state index contributed by atoms with van der Waals surface area (Å²) in [5, 5.41) is 0. The number of nitrogens with zero attached hydrogens (tertiary/aromatic N) is 2. The third-order valence-electron chi connectivity index (χ3n) is 4.95. The Morgan fingerprint density at radius 3 is 2.43 bits per heavy atom. The molecule has 0 aromatic heterocycles. The number of hydrogen-bond donors (Lipinski definition) is 0. The lowest BCUT2D eigenvalue weighted by molar-refractivity contribution is 0.168. The summed E-state index contributed by atoms with van der Waals surface area (Å²) in [6.07, 6.45) is 2.17. The zero-order valence-corrected chi connectivity index (χ0v) is 14.7. The molecule has 3 heterocycles. The van der Waals surface area contributed by atoms with Crippen molar-refractivity contribution >= 4 is 10.0 Å². The van der Waals surface area contributed by atoms with Gasteiger partial charge in [0.25, 0.3) is 0 Å². The Kier molecular flexibility index (Phi) is 4.53. The van der Waals surface area contributed by atoms with Gasteiger partial charge in [0.2, 0.25) is 10.0 Å². The molecule has 128 valence electrons. The zero-order chi connectivity index (χ0) is 16.6. The summed E-state index contributed by atoms with van der Waals surface area (Å²) in [5.74, 6) is 1.37. The van der Waals surface area contributed by atoms with Crippen molar-refractivity contribution in [3.8, 4) is 11.5 Å². The molecular weight excluding hydrogens is 316 g/mol. The second-order valence-corrected chi connectivity index (χ2v) is 8.31. The summed E-state index contributed by atoms with van der Waals surface area (Å²) >= 11 is 0. The van der Waals surface area contributed by atoms with Crippen LogP contribution < -0.4 is 9.47 Å². The Balaban J connectivity index is 1.92. The predicted octanol–water partition coefficient (Wildman–Crippen LogP) is 1.42. The van der Waals surface area contributed by atoms with Gasteiger partial charge in [-0.25, -0.2) is 8.42 Å². The fraction of sp³-hybridized carbons (Fsp3) is 0.625. The fourth-order valence-corrected chi connectivity index (χ4v) is 5.17. The molecule has 1 aromatic carbocycles. The molecule has 6 nitrogen and oxygen atoms in total. The largest absolute Gasteiger partial charge is 0.493 e. The van der Waals surface area contributed by atoms with E-state index in [0.29, 0.717) is 36.5 Å². The van der Waals surface area contributed by atoms with Crippen LogP contribution in [0.15, 0.2) is 23.1 Å². The van der Waals surface area contributed by atoms with E-state index in [9.17, 15) is 8.42 Å². The molecule has 3 aliphatic rings. The summed E-state index contributed by atoms with van der Waals surface area (Å²) in [4.78, 5) is 2.55. The minimum absolute atomic E-state index is 0.263. The normalized spacial score (nSPS) is 26.0. The molecule has 0 aliphatic carbocycles. The molecule has 0 spiro atoms. The van der Waals surface area contributed by atoms with Crippen LogP contribution in [0.1, 0.15) is 12.8 Å². The summed E-state index contributed by atoms with van der Waals surface area (Å²) in [5.41, 5.74) is 0. The number of piperidine rings is 1. The van der Waals surface area contributed by atoms with Crippen molar-refractivity contribution < 1.29 is 17.9 Å². The first-order chi connectivity index (χ1) is 11.0. The van der Waals surface area contributed by atoms with Crippen molar-refractivity contribution in [2.45, 2.75) is 23.8 Å². The molecule has 1 aromatic rings. The van der Waals surface area contributed by atoms with Gasteiger partial charge in [-0.2, -0.15) is 4.31 Å². The second-order valence-electron chi connectivity index (χ2n) is 6.38. The smallest absolute Gasteiger partial charge is 0.243 e.